The van der Waals surface area contributed by atoms with Crippen molar-refractivity contribution in [1.82, 2.24) is 14.9 Å². The average Bonchev–Trinajstić information content (AvgIpc) is 3.15. The van der Waals surface area contributed by atoms with Gasteiger partial charge in [-0.3, -0.25) is 19.0 Å². The molecule has 0 saturated heterocycles. The monoisotopic (exact) mass is 382 g/mol. The number of amides is 2. The Kier molecular flexibility index (Phi) is 5.92. The van der Waals surface area contributed by atoms with Crippen LogP contribution in [0, 0.1) is 20.8 Å². The zero-order valence-electron chi connectivity index (χ0n) is 16.5. The Morgan fingerprint density at radius 2 is 1.89 bits per heavy atom. The van der Waals surface area contributed by atoms with Gasteiger partial charge in [-0.15, -0.1) is 0 Å². The van der Waals surface area contributed by atoms with Crippen molar-refractivity contribution in [2.45, 2.75) is 59.0 Å². The van der Waals surface area contributed by atoms with E-state index in [4.69, 9.17) is 0 Å². The summed E-state index contributed by atoms with van der Waals surface area (Å²) in [5.41, 5.74) is 2.22. The standard InChI is InChI=1S/C21H26N4O3/c1-13-7-6-10-18(14(13)2)24-19(26)12-25-15(3)22-11-17(21(25)28)20(27)23-16-8-4-5-9-16/h6-7,10-11,16H,4-5,8-9,12H2,1-3H3,(H,23,27)(H,24,26). The van der Waals surface area contributed by atoms with Crippen molar-refractivity contribution in [2.75, 3.05) is 5.32 Å². The lowest BCUT2D eigenvalue weighted by molar-refractivity contribution is -0.116. The first-order valence-corrected chi connectivity index (χ1v) is 9.60. The summed E-state index contributed by atoms with van der Waals surface area (Å²) in [5.74, 6) is -0.374. The van der Waals surface area contributed by atoms with Gasteiger partial charge in [-0.25, -0.2) is 4.98 Å². The van der Waals surface area contributed by atoms with E-state index in [0.29, 0.717) is 11.5 Å². The Bertz CT molecular complexity index is 959. The van der Waals surface area contributed by atoms with Gasteiger partial charge in [-0.05, 0) is 50.8 Å². The smallest absolute Gasteiger partial charge is 0.266 e. The largest absolute Gasteiger partial charge is 0.349 e. The summed E-state index contributed by atoms with van der Waals surface area (Å²) in [5, 5.41) is 5.73. The third-order valence-electron chi connectivity index (χ3n) is 5.36. The quantitative estimate of drug-likeness (QED) is 0.831. The van der Waals surface area contributed by atoms with Gasteiger partial charge in [0.05, 0.1) is 0 Å². The molecule has 2 N–H and O–H groups in total. The normalized spacial score (nSPS) is 14.1. The van der Waals surface area contributed by atoms with Gasteiger partial charge >= 0.3 is 0 Å². The van der Waals surface area contributed by atoms with Gasteiger partial charge < -0.3 is 10.6 Å². The fourth-order valence-electron chi connectivity index (χ4n) is 3.47. The van der Waals surface area contributed by atoms with Crippen molar-refractivity contribution < 1.29 is 9.59 Å². The van der Waals surface area contributed by atoms with Crippen molar-refractivity contribution >= 4 is 17.5 Å². The summed E-state index contributed by atoms with van der Waals surface area (Å²) in [6, 6.07) is 5.76. The summed E-state index contributed by atoms with van der Waals surface area (Å²) in [6.45, 7) is 5.34. The van der Waals surface area contributed by atoms with Gasteiger partial charge in [0, 0.05) is 17.9 Å². The molecule has 7 heteroatoms. The topological polar surface area (TPSA) is 93.1 Å². The van der Waals surface area contributed by atoms with Gasteiger partial charge in [0.25, 0.3) is 11.5 Å². The number of rotatable bonds is 5. The lowest BCUT2D eigenvalue weighted by Crippen LogP contribution is -2.39. The highest BCUT2D eigenvalue weighted by molar-refractivity contribution is 5.94. The van der Waals surface area contributed by atoms with Crippen LogP contribution >= 0.6 is 0 Å². The van der Waals surface area contributed by atoms with Gasteiger partial charge in [-0.2, -0.15) is 0 Å². The molecule has 0 spiro atoms. The minimum absolute atomic E-state index is 0.0305. The number of nitrogens with one attached hydrogen (secondary N) is 2. The van der Waals surface area contributed by atoms with Crippen LogP contribution in [0.5, 0.6) is 0 Å². The lowest BCUT2D eigenvalue weighted by Gasteiger charge is -2.15. The van der Waals surface area contributed by atoms with Crippen molar-refractivity contribution in [2.24, 2.45) is 0 Å². The van der Waals surface area contributed by atoms with Crippen LogP contribution in [0.1, 0.15) is 53.0 Å². The van der Waals surface area contributed by atoms with Crippen molar-refractivity contribution in [3.8, 4) is 0 Å². The molecule has 1 heterocycles. The average molecular weight is 382 g/mol. The van der Waals surface area contributed by atoms with Crippen LogP contribution < -0.4 is 16.2 Å². The first-order chi connectivity index (χ1) is 13.4. The van der Waals surface area contributed by atoms with E-state index in [9.17, 15) is 14.4 Å². The number of carbonyl (C=O) groups excluding carboxylic acids is 2. The van der Waals surface area contributed by atoms with E-state index in [1.807, 2.05) is 32.0 Å². The molecule has 148 valence electrons. The van der Waals surface area contributed by atoms with Crippen molar-refractivity contribution in [3.63, 3.8) is 0 Å². The predicted octanol–water partition coefficient (Wildman–Crippen LogP) is 2.48. The molecule has 1 aromatic carbocycles. The van der Waals surface area contributed by atoms with Gasteiger partial charge in [0.15, 0.2) is 0 Å². The Balaban J connectivity index is 1.77. The second-order valence-electron chi connectivity index (χ2n) is 7.36. The molecule has 1 aliphatic rings. The Morgan fingerprint density at radius 1 is 1.18 bits per heavy atom. The van der Waals surface area contributed by atoms with Gasteiger partial charge in [-0.1, -0.05) is 25.0 Å². The van der Waals surface area contributed by atoms with Crippen LogP contribution in [-0.2, 0) is 11.3 Å². The van der Waals surface area contributed by atoms with E-state index in [1.54, 1.807) is 6.92 Å². The number of anilines is 1. The molecule has 7 nitrogen and oxygen atoms in total. The SMILES string of the molecule is Cc1cccc(NC(=O)Cn2c(C)ncc(C(=O)NC3CCCC3)c2=O)c1C. The third kappa shape index (κ3) is 4.30. The summed E-state index contributed by atoms with van der Waals surface area (Å²) in [6.07, 6.45) is 5.32. The van der Waals surface area contributed by atoms with Crippen LogP contribution in [0.25, 0.3) is 0 Å². The van der Waals surface area contributed by atoms with E-state index in [0.717, 1.165) is 36.8 Å². The minimum atomic E-state index is -0.501. The van der Waals surface area contributed by atoms with Crippen LogP contribution in [0.2, 0.25) is 0 Å². The maximum absolute atomic E-state index is 12.8. The molecule has 0 atom stereocenters. The zero-order chi connectivity index (χ0) is 20.3. The molecular weight excluding hydrogens is 356 g/mol. The van der Waals surface area contributed by atoms with E-state index in [2.05, 4.69) is 15.6 Å². The maximum atomic E-state index is 12.8. The first-order valence-electron chi connectivity index (χ1n) is 9.60. The number of benzene rings is 1. The number of aryl methyl sites for hydroxylation is 2. The van der Waals surface area contributed by atoms with Crippen LogP contribution in [0.15, 0.2) is 29.2 Å². The van der Waals surface area contributed by atoms with Crippen LogP contribution in [0.3, 0.4) is 0 Å². The number of hydrogen-bond donors (Lipinski definition) is 2. The number of aromatic nitrogens is 2. The van der Waals surface area contributed by atoms with Gasteiger partial charge in [0.2, 0.25) is 5.91 Å². The molecule has 0 radical (unpaired) electrons. The maximum Gasteiger partial charge on any atom is 0.266 e. The summed E-state index contributed by atoms with van der Waals surface area (Å²) >= 11 is 0. The molecule has 1 saturated carbocycles. The lowest BCUT2D eigenvalue weighted by atomic mass is 10.1. The summed E-state index contributed by atoms with van der Waals surface area (Å²) < 4.78 is 1.24. The molecule has 2 amide bonds. The van der Waals surface area contributed by atoms with Crippen molar-refractivity contribution in [3.05, 3.63) is 57.3 Å². The molecule has 1 aromatic heterocycles. The molecule has 2 aromatic rings. The second kappa shape index (κ2) is 8.37. The number of nitrogens with zero attached hydrogens (tertiary/aromatic N) is 2. The summed E-state index contributed by atoms with van der Waals surface area (Å²) in [4.78, 5) is 41.9. The molecule has 28 heavy (non-hydrogen) atoms. The Labute approximate surface area is 164 Å². The molecule has 1 fully saturated rings. The van der Waals surface area contributed by atoms with Gasteiger partial charge in [0.1, 0.15) is 17.9 Å². The highest BCUT2D eigenvalue weighted by Gasteiger charge is 2.21. The number of carbonyl (C=O) groups is 2. The predicted molar refractivity (Wildman–Crippen MR) is 108 cm³/mol. The molecular formula is C21H26N4O3. The highest BCUT2D eigenvalue weighted by atomic mass is 16.2. The number of hydrogen-bond acceptors (Lipinski definition) is 4. The zero-order valence-corrected chi connectivity index (χ0v) is 16.5. The Morgan fingerprint density at radius 3 is 2.61 bits per heavy atom. The Hall–Kier alpha value is -2.96. The highest BCUT2D eigenvalue weighted by Crippen LogP contribution is 2.18. The molecule has 0 unspecified atom stereocenters. The fourth-order valence-corrected chi connectivity index (χ4v) is 3.47. The molecule has 1 aliphatic carbocycles. The minimum Gasteiger partial charge on any atom is -0.349 e. The van der Waals surface area contributed by atoms with E-state index in [1.165, 1.54) is 10.8 Å². The van der Waals surface area contributed by atoms with E-state index < -0.39 is 11.5 Å². The van der Waals surface area contributed by atoms with Crippen LogP contribution in [0.4, 0.5) is 5.69 Å². The van der Waals surface area contributed by atoms with Crippen molar-refractivity contribution in [1.29, 1.82) is 0 Å². The third-order valence-corrected chi connectivity index (χ3v) is 5.36. The second-order valence-corrected chi connectivity index (χ2v) is 7.36. The molecule has 0 aliphatic heterocycles. The van der Waals surface area contributed by atoms with E-state index in [-0.39, 0.29) is 24.1 Å². The molecule has 3 rings (SSSR count). The van der Waals surface area contributed by atoms with Crippen LogP contribution in [-0.4, -0.2) is 27.4 Å². The summed E-state index contributed by atoms with van der Waals surface area (Å²) in [7, 11) is 0. The first kappa shape index (κ1) is 19.8. The molecule has 0 bridgehead atoms. The fraction of sp³-hybridized carbons (Fsp3) is 0.429. The van der Waals surface area contributed by atoms with E-state index >= 15 is 0 Å².